The highest BCUT2D eigenvalue weighted by molar-refractivity contribution is 5.61. The summed E-state index contributed by atoms with van der Waals surface area (Å²) in [5, 5.41) is 10.7. The number of hydrogen-bond donors (Lipinski definition) is 1. The van der Waals surface area contributed by atoms with Crippen molar-refractivity contribution in [3.8, 4) is 0 Å². The molecule has 0 aromatic heterocycles. The van der Waals surface area contributed by atoms with Crippen LogP contribution in [0.15, 0.2) is 70.1 Å². The smallest absolute Gasteiger partial charge is 0.270 e. The third kappa shape index (κ3) is 2.18. The maximum Gasteiger partial charge on any atom is 0.270 e. The molecule has 0 bridgehead atoms. The molecule has 0 heterocycles. The molecule has 4 nitrogen and oxygen atoms in total. The van der Waals surface area contributed by atoms with E-state index in [9.17, 15) is 10.1 Å². The summed E-state index contributed by atoms with van der Waals surface area (Å²) in [7, 11) is 0. The second-order valence-corrected chi connectivity index (χ2v) is 4.33. The molecule has 2 aliphatic carbocycles. The molecule has 0 saturated carbocycles. The molecule has 4 heteroatoms. The molecule has 0 amide bonds. The average Bonchev–Trinajstić information content (AvgIpc) is 2.71. The molecule has 2 N–H and O–H groups in total. The van der Waals surface area contributed by atoms with Crippen molar-refractivity contribution in [2.24, 2.45) is 5.73 Å². The minimum absolute atomic E-state index is 0.114. The summed E-state index contributed by atoms with van der Waals surface area (Å²) in [4.78, 5) is 10.3. The minimum Gasteiger partial charge on any atom is -0.399 e. The first-order valence-electron chi connectivity index (χ1n) is 5.60. The maximum absolute atomic E-state index is 10.7. The summed E-state index contributed by atoms with van der Waals surface area (Å²) in [6.07, 6.45) is 10.5. The molecule has 0 unspecified atom stereocenters. The summed E-state index contributed by atoms with van der Waals surface area (Å²) in [6, 6.07) is 0. The molecule has 0 aromatic rings. The molecule has 0 aromatic carbocycles. The SMILES string of the molecule is CC1=CC=C(N)C=C(C)/C1=C1\C=CC([N+](=O)[O-])=C1. The normalized spacial score (nSPS) is 23.0. The third-order valence-electron chi connectivity index (χ3n) is 2.93. The van der Waals surface area contributed by atoms with E-state index in [0.29, 0.717) is 5.70 Å². The van der Waals surface area contributed by atoms with E-state index in [4.69, 9.17) is 5.73 Å². The molecule has 0 fully saturated rings. The van der Waals surface area contributed by atoms with Gasteiger partial charge in [0.1, 0.15) is 0 Å². The van der Waals surface area contributed by atoms with Crippen molar-refractivity contribution in [3.05, 3.63) is 80.3 Å². The van der Waals surface area contributed by atoms with Crippen LogP contribution in [0, 0.1) is 10.1 Å². The Labute approximate surface area is 105 Å². The first-order valence-corrected chi connectivity index (χ1v) is 5.60. The van der Waals surface area contributed by atoms with E-state index >= 15 is 0 Å². The Balaban J connectivity index is 2.55. The minimum atomic E-state index is -0.383. The average molecular weight is 242 g/mol. The van der Waals surface area contributed by atoms with E-state index < -0.39 is 0 Å². The van der Waals surface area contributed by atoms with Gasteiger partial charge in [0.05, 0.1) is 4.92 Å². The molecule has 0 aliphatic heterocycles. The van der Waals surface area contributed by atoms with E-state index in [1.807, 2.05) is 32.1 Å². The van der Waals surface area contributed by atoms with Gasteiger partial charge < -0.3 is 5.73 Å². The van der Waals surface area contributed by atoms with Crippen LogP contribution in [0.4, 0.5) is 0 Å². The quantitative estimate of drug-likeness (QED) is 0.567. The molecule has 2 rings (SSSR count). The van der Waals surface area contributed by atoms with Crippen molar-refractivity contribution >= 4 is 0 Å². The van der Waals surface area contributed by atoms with Gasteiger partial charge in [0.2, 0.25) is 0 Å². The van der Waals surface area contributed by atoms with Gasteiger partial charge in [0, 0.05) is 17.8 Å². The largest absolute Gasteiger partial charge is 0.399 e. The molecule has 18 heavy (non-hydrogen) atoms. The van der Waals surface area contributed by atoms with Gasteiger partial charge in [-0.05, 0) is 54.4 Å². The second kappa shape index (κ2) is 4.49. The predicted molar refractivity (Wildman–Crippen MR) is 71.0 cm³/mol. The first-order chi connectivity index (χ1) is 8.49. The second-order valence-electron chi connectivity index (χ2n) is 4.33. The number of rotatable bonds is 1. The van der Waals surface area contributed by atoms with Gasteiger partial charge >= 0.3 is 0 Å². The third-order valence-corrected chi connectivity index (χ3v) is 2.93. The van der Waals surface area contributed by atoms with Crippen molar-refractivity contribution < 1.29 is 4.92 Å². The van der Waals surface area contributed by atoms with Gasteiger partial charge in [0.25, 0.3) is 5.70 Å². The Morgan fingerprint density at radius 1 is 1.11 bits per heavy atom. The fourth-order valence-corrected chi connectivity index (χ4v) is 2.14. The van der Waals surface area contributed by atoms with Crippen LogP contribution in [-0.4, -0.2) is 4.92 Å². The summed E-state index contributed by atoms with van der Waals surface area (Å²) >= 11 is 0. The van der Waals surface area contributed by atoms with Gasteiger partial charge in [-0.2, -0.15) is 0 Å². The number of nitrogens with two attached hydrogens (primary N) is 1. The van der Waals surface area contributed by atoms with Crippen LogP contribution in [0.2, 0.25) is 0 Å². The highest BCUT2D eigenvalue weighted by atomic mass is 16.6. The summed E-state index contributed by atoms with van der Waals surface area (Å²) in [6.45, 7) is 3.93. The van der Waals surface area contributed by atoms with Crippen molar-refractivity contribution in [1.29, 1.82) is 0 Å². The lowest BCUT2D eigenvalue weighted by molar-refractivity contribution is -0.418. The zero-order chi connectivity index (χ0) is 13.3. The number of hydrogen-bond acceptors (Lipinski definition) is 3. The standard InChI is InChI=1S/C14H14N2O2/c1-9-3-5-12(15)7-10(2)14(9)11-4-6-13(8-11)16(17)18/h3-8H,15H2,1-2H3/b14-11+. The molecular formula is C14H14N2O2. The molecule has 0 radical (unpaired) electrons. The highest BCUT2D eigenvalue weighted by Crippen LogP contribution is 2.30. The molecular weight excluding hydrogens is 228 g/mol. The van der Waals surface area contributed by atoms with Crippen LogP contribution in [-0.2, 0) is 0 Å². The van der Waals surface area contributed by atoms with E-state index in [0.717, 1.165) is 22.3 Å². The Kier molecular flexibility index (Phi) is 3.02. The van der Waals surface area contributed by atoms with Crippen molar-refractivity contribution in [2.45, 2.75) is 13.8 Å². The van der Waals surface area contributed by atoms with E-state index in [-0.39, 0.29) is 10.6 Å². The van der Waals surface area contributed by atoms with Crippen LogP contribution in [0.25, 0.3) is 0 Å². The summed E-state index contributed by atoms with van der Waals surface area (Å²) < 4.78 is 0. The van der Waals surface area contributed by atoms with Crippen molar-refractivity contribution in [3.63, 3.8) is 0 Å². The zero-order valence-corrected chi connectivity index (χ0v) is 10.3. The Bertz CT molecular complexity index is 599. The van der Waals surface area contributed by atoms with Crippen LogP contribution in [0.5, 0.6) is 0 Å². The Morgan fingerprint density at radius 3 is 2.44 bits per heavy atom. The van der Waals surface area contributed by atoms with Gasteiger partial charge in [-0.15, -0.1) is 0 Å². The fourth-order valence-electron chi connectivity index (χ4n) is 2.14. The summed E-state index contributed by atoms with van der Waals surface area (Å²) in [5.74, 6) is 0. The van der Waals surface area contributed by atoms with Crippen molar-refractivity contribution in [1.82, 2.24) is 0 Å². The lowest BCUT2D eigenvalue weighted by atomic mass is 9.95. The van der Waals surface area contributed by atoms with E-state index in [2.05, 4.69) is 0 Å². The number of nitro groups is 1. The maximum atomic E-state index is 10.7. The van der Waals surface area contributed by atoms with E-state index in [1.165, 1.54) is 6.08 Å². The zero-order valence-electron chi connectivity index (χ0n) is 10.3. The fraction of sp³-hybridized carbons (Fsp3) is 0.143. The van der Waals surface area contributed by atoms with Gasteiger partial charge in [-0.25, -0.2) is 0 Å². The highest BCUT2D eigenvalue weighted by Gasteiger charge is 2.17. The summed E-state index contributed by atoms with van der Waals surface area (Å²) in [5.41, 5.74) is 10.5. The van der Waals surface area contributed by atoms with Crippen molar-refractivity contribution in [2.75, 3.05) is 0 Å². The number of nitrogens with zero attached hydrogens (tertiary/aromatic N) is 1. The van der Waals surface area contributed by atoms with E-state index in [1.54, 1.807) is 12.2 Å². The van der Waals surface area contributed by atoms with Crippen LogP contribution in [0.1, 0.15) is 13.8 Å². The van der Waals surface area contributed by atoms with Gasteiger partial charge in [-0.3, -0.25) is 10.1 Å². The topological polar surface area (TPSA) is 69.2 Å². The molecule has 92 valence electrons. The lowest BCUT2D eigenvalue weighted by Crippen LogP contribution is -1.95. The molecule has 0 atom stereocenters. The van der Waals surface area contributed by atoms with Gasteiger partial charge in [0.15, 0.2) is 0 Å². The monoisotopic (exact) mass is 242 g/mol. The predicted octanol–water partition coefficient (Wildman–Crippen LogP) is 2.76. The van der Waals surface area contributed by atoms with Gasteiger partial charge in [-0.1, -0.05) is 6.08 Å². The molecule has 0 spiro atoms. The van der Waals surface area contributed by atoms with Crippen LogP contribution in [0.3, 0.4) is 0 Å². The first kappa shape index (κ1) is 12.1. The molecule has 0 saturated heterocycles. The number of allylic oxidation sites excluding steroid dienone is 10. The van der Waals surface area contributed by atoms with Crippen LogP contribution >= 0.6 is 0 Å². The lowest BCUT2D eigenvalue weighted by Gasteiger charge is -2.09. The molecule has 2 aliphatic rings. The van der Waals surface area contributed by atoms with Crippen LogP contribution < -0.4 is 5.73 Å². The Morgan fingerprint density at radius 2 is 1.83 bits per heavy atom. The Hall–Kier alpha value is -2.36.